The second-order valence-electron chi connectivity index (χ2n) is 5.22. The summed E-state index contributed by atoms with van der Waals surface area (Å²) < 4.78 is 14.0. The van der Waals surface area contributed by atoms with E-state index in [0.717, 1.165) is 6.20 Å². The first-order valence-corrected chi connectivity index (χ1v) is 8.68. The van der Waals surface area contributed by atoms with E-state index in [2.05, 4.69) is 20.6 Å². The van der Waals surface area contributed by atoms with Gasteiger partial charge < -0.3 is 20.8 Å². The number of anilines is 4. The average molecular weight is 450 g/mol. The van der Waals surface area contributed by atoms with Crippen LogP contribution in [0.4, 0.5) is 27.5 Å². The lowest BCUT2D eigenvalue weighted by molar-refractivity contribution is 0.475. The van der Waals surface area contributed by atoms with Gasteiger partial charge in [0.15, 0.2) is 23.1 Å². The minimum absolute atomic E-state index is 0.00816. The third-order valence-corrected chi connectivity index (χ3v) is 4.45. The molecular formula is C16H9Cl4FN4O2. The van der Waals surface area contributed by atoms with Crippen LogP contribution in [0.15, 0.2) is 30.5 Å². The molecule has 0 bridgehead atoms. The average Bonchev–Trinajstić information content (AvgIpc) is 2.60. The summed E-state index contributed by atoms with van der Waals surface area (Å²) in [4.78, 5) is 7.85. The van der Waals surface area contributed by atoms with Crippen molar-refractivity contribution >= 4 is 69.5 Å². The fourth-order valence-corrected chi connectivity index (χ4v) is 3.03. The molecule has 0 aliphatic carbocycles. The Morgan fingerprint density at radius 2 is 1.22 bits per heavy atom. The summed E-state index contributed by atoms with van der Waals surface area (Å²) in [5.74, 6) is -1.40. The highest BCUT2D eigenvalue weighted by Gasteiger charge is 2.12. The predicted molar refractivity (Wildman–Crippen MR) is 105 cm³/mol. The van der Waals surface area contributed by atoms with Crippen molar-refractivity contribution in [3.8, 4) is 11.5 Å². The summed E-state index contributed by atoms with van der Waals surface area (Å²) >= 11 is 23.4. The fourth-order valence-electron chi connectivity index (χ4n) is 2.06. The minimum Gasteiger partial charge on any atom is -0.505 e. The quantitative estimate of drug-likeness (QED) is 0.358. The van der Waals surface area contributed by atoms with E-state index in [1.165, 1.54) is 24.3 Å². The molecule has 2 aromatic carbocycles. The Bertz CT molecular complexity index is 989. The van der Waals surface area contributed by atoms with Crippen molar-refractivity contribution < 1.29 is 14.6 Å². The molecule has 11 heteroatoms. The minimum atomic E-state index is -0.734. The second kappa shape index (κ2) is 7.82. The number of rotatable bonds is 4. The zero-order valence-corrected chi connectivity index (χ0v) is 16.1. The Kier molecular flexibility index (Phi) is 5.67. The highest BCUT2D eigenvalue weighted by molar-refractivity contribution is 6.38. The molecule has 6 nitrogen and oxygen atoms in total. The predicted octanol–water partition coefficient (Wildman–Crippen LogP) is 6.13. The van der Waals surface area contributed by atoms with Crippen molar-refractivity contribution in [2.75, 3.05) is 10.6 Å². The van der Waals surface area contributed by atoms with Crippen LogP contribution in [0.25, 0.3) is 0 Å². The van der Waals surface area contributed by atoms with E-state index < -0.39 is 5.82 Å². The van der Waals surface area contributed by atoms with Crippen molar-refractivity contribution in [1.82, 2.24) is 9.97 Å². The van der Waals surface area contributed by atoms with Gasteiger partial charge in [-0.25, -0.2) is 9.37 Å². The first-order valence-electron chi connectivity index (χ1n) is 7.17. The SMILES string of the molecule is Oc1c(Cl)cc(Nc2ncc(F)c(Nc3cc(Cl)c(O)c(Cl)c3)n2)cc1Cl. The summed E-state index contributed by atoms with van der Waals surface area (Å²) in [6, 6.07) is 5.53. The molecular weight excluding hydrogens is 441 g/mol. The maximum Gasteiger partial charge on any atom is 0.229 e. The Morgan fingerprint density at radius 1 is 0.778 bits per heavy atom. The summed E-state index contributed by atoms with van der Waals surface area (Å²) in [6.07, 6.45) is 0.949. The molecule has 3 rings (SSSR count). The molecule has 0 aliphatic rings. The fraction of sp³-hybridized carbons (Fsp3) is 0. The smallest absolute Gasteiger partial charge is 0.229 e. The van der Waals surface area contributed by atoms with Gasteiger partial charge in [-0.2, -0.15) is 4.98 Å². The van der Waals surface area contributed by atoms with E-state index in [4.69, 9.17) is 46.4 Å². The molecule has 3 aromatic rings. The third-order valence-electron chi connectivity index (χ3n) is 3.30. The molecule has 0 atom stereocenters. The van der Waals surface area contributed by atoms with Gasteiger partial charge in [-0.1, -0.05) is 46.4 Å². The largest absolute Gasteiger partial charge is 0.505 e. The van der Waals surface area contributed by atoms with Gasteiger partial charge in [0.25, 0.3) is 0 Å². The number of aromatic hydroxyl groups is 2. The maximum absolute atomic E-state index is 14.0. The number of nitrogens with one attached hydrogen (secondary N) is 2. The monoisotopic (exact) mass is 448 g/mol. The Balaban J connectivity index is 1.89. The van der Waals surface area contributed by atoms with Crippen LogP contribution in [0, 0.1) is 5.82 Å². The zero-order valence-electron chi connectivity index (χ0n) is 13.1. The van der Waals surface area contributed by atoms with Crippen molar-refractivity contribution in [1.29, 1.82) is 0 Å². The van der Waals surface area contributed by atoms with E-state index in [1.54, 1.807) is 0 Å². The molecule has 0 saturated heterocycles. The van der Waals surface area contributed by atoms with Gasteiger partial charge in [-0.15, -0.1) is 0 Å². The normalized spacial score (nSPS) is 10.7. The van der Waals surface area contributed by atoms with E-state index in [-0.39, 0.29) is 43.4 Å². The number of nitrogens with zero attached hydrogens (tertiary/aromatic N) is 2. The molecule has 1 heterocycles. The second-order valence-corrected chi connectivity index (χ2v) is 6.85. The van der Waals surface area contributed by atoms with Gasteiger partial charge in [0.1, 0.15) is 0 Å². The van der Waals surface area contributed by atoms with Gasteiger partial charge in [0, 0.05) is 11.4 Å². The molecule has 140 valence electrons. The lowest BCUT2D eigenvalue weighted by Gasteiger charge is -2.11. The molecule has 0 unspecified atom stereocenters. The number of hydrogen-bond donors (Lipinski definition) is 4. The van der Waals surface area contributed by atoms with Crippen LogP contribution in [0.5, 0.6) is 11.5 Å². The number of halogens is 5. The highest BCUT2D eigenvalue weighted by Crippen LogP contribution is 2.37. The molecule has 0 amide bonds. The Hall–Kier alpha value is -2.19. The van der Waals surface area contributed by atoms with Gasteiger partial charge in [-0.05, 0) is 24.3 Å². The van der Waals surface area contributed by atoms with Gasteiger partial charge >= 0.3 is 0 Å². The first kappa shape index (κ1) is 19.6. The van der Waals surface area contributed by atoms with Crippen LogP contribution in [0.1, 0.15) is 0 Å². The van der Waals surface area contributed by atoms with Crippen LogP contribution in [-0.2, 0) is 0 Å². The van der Waals surface area contributed by atoms with Gasteiger partial charge in [0.05, 0.1) is 26.3 Å². The van der Waals surface area contributed by atoms with Crippen molar-refractivity contribution in [2.45, 2.75) is 0 Å². The topological polar surface area (TPSA) is 90.3 Å². The Morgan fingerprint density at radius 3 is 1.70 bits per heavy atom. The summed E-state index contributed by atoms with van der Waals surface area (Å²) in [5, 5.41) is 24.7. The van der Waals surface area contributed by atoms with E-state index in [0.29, 0.717) is 11.4 Å². The van der Waals surface area contributed by atoms with Crippen LogP contribution in [0.3, 0.4) is 0 Å². The number of benzene rings is 2. The van der Waals surface area contributed by atoms with Crippen molar-refractivity contribution in [3.05, 3.63) is 56.4 Å². The lowest BCUT2D eigenvalue weighted by atomic mass is 10.3. The summed E-state index contributed by atoms with van der Waals surface area (Å²) in [6.45, 7) is 0. The highest BCUT2D eigenvalue weighted by atomic mass is 35.5. The van der Waals surface area contributed by atoms with E-state index >= 15 is 0 Å². The standard InChI is InChI=1S/C16H9Cl4FN4O2/c17-8-1-6(2-9(18)13(8)26)23-15-12(21)5-22-16(25-15)24-7-3-10(19)14(27)11(20)4-7/h1-5,26-27H,(H2,22,23,24,25). The first-order chi connectivity index (χ1) is 12.7. The summed E-state index contributed by atoms with van der Waals surface area (Å²) in [5.41, 5.74) is 0.693. The van der Waals surface area contributed by atoms with Crippen molar-refractivity contribution in [2.24, 2.45) is 0 Å². The molecule has 4 N–H and O–H groups in total. The molecule has 0 fully saturated rings. The van der Waals surface area contributed by atoms with Crippen LogP contribution < -0.4 is 10.6 Å². The molecule has 0 spiro atoms. The Labute approximate surface area is 172 Å². The van der Waals surface area contributed by atoms with Crippen LogP contribution in [0.2, 0.25) is 20.1 Å². The number of phenolic OH excluding ortho intramolecular Hbond substituents is 2. The number of aromatic nitrogens is 2. The number of phenols is 2. The molecule has 0 saturated carbocycles. The van der Waals surface area contributed by atoms with Crippen LogP contribution in [-0.4, -0.2) is 20.2 Å². The lowest BCUT2D eigenvalue weighted by Crippen LogP contribution is -2.03. The molecule has 1 aromatic heterocycles. The van der Waals surface area contributed by atoms with Crippen LogP contribution >= 0.6 is 46.4 Å². The third kappa shape index (κ3) is 4.39. The van der Waals surface area contributed by atoms with E-state index in [1.807, 2.05) is 0 Å². The number of hydrogen-bond acceptors (Lipinski definition) is 6. The molecule has 0 aliphatic heterocycles. The molecule has 0 radical (unpaired) electrons. The molecule has 27 heavy (non-hydrogen) atoms. The van der Waals surface area contributed by atoms with Gasteiger partial charge in [-0.3, -0.25) is 0 Å². The zero-order chi connectivity index (χ0) is 19.7. The van der Waals surface area contributed by atoms with E-state index in [9.17, 15) is 14.6 Å². The van der Waals surface area contributed by atoms with Crippen molar-refractivity contribution in [3.63, 3.8) is 0 Å². The maximum atomic E-state index is 14.0. The summed E-state index contributed by atoms with van der Waals surface area (Å²) in [7, 11) is 0. The van der Waals surface area contributed by atoms with Gasteiger partial charge in [0.2, 0.25) is 5.95 Å².